The third-order valence-corrected chi connectivity index (χ3v) is 6.76. The highest BCUT2D eigenvalue weighted by Crippen LogP contribution is 2.52. The fourth-order valence-corrected chi connectivity index (χ4v) is 4.93. The van der Waals surface area contributed by atoms with Crippen molar-refractivity contribution in [3.05, 3.63) is 75.8 Å². The Balaban J connectivity index is 1.27. The number of ether oxygens (including phenoxy) is 1. The van der Waals surface area contributed by atoms with Crippen LogP contribution < -0.4 is 4.74 Å². The molecular formula is C23H18Cl2N2O3. The van der Waals surface area contributed by atoms with Gasteiger partial charge in [0, 0.05) is 0 Å². The van der Waals surface area contributed by atoms with Gasteiger partial charge in [-0.05, 0) is 53.6 Å². The number of amides is 2. The minimum atomic E-state index is -0.245. The molecule has 1 saturated carbocycles. The van der Waals surface area contributed by atoms with Crippen molar-refractivity contribution in [2.75, 3.05) is 0 Å². The van der Waals surface area contributed by atoms with Crippen molar-refractivity contribution in [2.24, 2.45) is 28.8 Å². The summed E-state index contributed by atoms with van der Waals surface area (Å²) in [6, 6.07) is 12.6. The first kappa shape index (κ1) is 19.3. The van der Waals surface area contributed by atoms with E-state index >= 15 is 0 Å². The molecule has 3 aliphatic rings. The first-order valence-electron chi connectivity index (χ1n) is 9.78. The molecule has 2 aromatic rings. The average molecular weight is 441 g/mol. The summed E-state index contributed by atoms with van der Waals surface area (Å²) in [6.45, 7) is 0.333. The maximum atomic E-state index is 12.7. The third kappa shape index (κ3) is 3.32. The van der Waals surface area contributed by atoms with E-state index in [-0.39, 0.29) is 35.5 Å². The smallest absolute Gasteiger partial charge is 0.254 e. The molecule has 0 spiro atoms. The summed E-state index contributed by atoms with van der Waals surface area (Å²) in [5.41, 5.74) is 1.63. The minimum Gasteiger partial charge on any atom is -0.489 e. The molecule has 0 unspecified atom stereocenters. The van der Waals surface area contributed by atoms with Gasteiger partial charge >= 0.3 is 0 Å². The standard InChI is InChI=1S/C23H18Cl2N2O3/c24-18-7-4-14(9-19(18)25)12-30-17-3-1-2-13(8-17)11-26-27-22(28)20-15-5-6-16(10-15)21(20)23(27)29/h1-9,11,15-16,20-21H,10,12H2/t15-,16-,20-,21+/m0/s1. The Morgan fingerprint density at radius 3 is 2.43 bits per heavy atom. The van der Waals surface area contributed by atoms with Gasteiger partial charge in [-0.3, -0.25) is 9.59 Å². The molecule has 2 aromatic carbocycles. The second kappa shape index (κ2) is 7.56. The third-order valence-electron chi connectivity index (χ3n) is 6.02. The molecule has 4 atom stereocenters. The maximum absolute atomic E-state index is 12.7. The highest BCUT2D eigenvalue weighted by atomic mass is 35.5. The lowest BCUT2D eigenvalue weighted by Crippen LogP contribution is -2.28. The maximum Gasteiger partial charge on any atom is 0.254 e. The second-order valence-electron chi connectivity index (χ2n) is 7.84. The molecule has 0 N–H and O–H groups in total. The number of halogens is 2. The van der Waals surface area contributed by atoms with Gasteiger partial charge in [-0.2, -0.15) is 10.1 Å². The SMILES string of the molecule is O=C1[C@@H]2[C@H](C(=O)N1N=Cc1cccc(OCc3ccc(Cl)c(Cl)c3)c1)[C@H]1C=C[C@H]2C1. The van der Waals surface area contributed by atoms with Crippen LogP contribution in [0.2, 0.25) is 10.0 Å². The van der Waals surface area contributed by atoms with Crippen LogP contribution in [0.25, 0.3) is 0 Å². The number of rotatable bonds is 5. The fourth-order valence-electron chi connectivity index (χ4n) is 4.61. The van der Waals surface area contributed by atoms with Crippen LogP contribution >= 0.6 is 23.2 Å². The van der Waals surface area contributed by atoms with Crippen molar-refractivity contribution in [1.82, 2.24) is 5.01 Å². The number of benzene rings is 2. The molecule has 2 bridgehead atoms. The molecule has 152 valence electrons. The Morgan fingerprint density at radius 1 is 1.00 bits per heavy atom. The lowest BCUT2D eigenvalue weighted by molar-refractivity contribution is -0.140. The van der Waals surface area contributed by atoms with Gasteiger partial charge in [0.05, 0.1) is 28.1 Å². The number of imide groups is 1. The van der Waals surface area contributed by atoms with Crippen molar-refractivity contribution in [3.8, 4) is 5.75 Å². The molecule has 1 heterocycles. The lowest BCUT2D eigenvalue weighted by atomic mass is 9.85. The van der Waals surface area contributed by atoms with E-state index in [0.29, 0.717) is 22.4 Å². The van der Waals surface area contributed by atoms with E-state index in [1.54, 1.807) is 18.2 Å². The Labute approximate surface area is 183 Å². The summed E-state index contributed by atoms with van der Waals surface area (Å²) in [4.78, 5) is 25.4. The highest BCUT2D eigenvalue weighted by Gasteiger charge is 2.59. The van der Waals surface area contributed by atoms with Gasteiger partial charge in [-0.25, -0.2) is 0 Å². The van der Waals surface area contributed by atoms with E-state index in [1.165, 1.54) is 6.21 Å². The normalized spacial score (nSPS) is 26.8. The number of carbonyl (C=O) groups is 2. The van der Waals surface area contributed by atoms with E-state index in [2.05, 4.69) is 17.3 Å². The van der Waals surface area contributed by atoms with E-state index in [1.807, 2.05) is 24.3 Å². The first-order valence-corrected chi connectivity index (χ1v) is 10.5. The molecule has 2 amide bonds. The van der Waals surface area contributed by atoms with Crippen LogP contribution in [0.5, 0.6) is 5.75 Å². The molecular weight excluding hydrogens is 423 g/mol. The van der Waals surface area contributed by atoms with E-state index in [0.717, 1.165) is 22.6 Å². The van der Waals surface area contributed by atoms with Crippen LogP contribution in [-0.2, 0) is 16.2 Å². The monoisotopic (exact) mass is 440 g/mol. The molecule has 1 saturated heterocycles. The quantitative estimate of drug-likeness (QED) is 0.384. The first-order chi connectivity index (χ1) is 14.5. The predicted molar refractivity (Wildman–Crippen MR) is 114 cm³/mol. The zero-order valence-corrected chi connectivity index (χ0v) is 17.4. The van der Waals surface area contributed by atoms with Crippen molar-refractivity contribution in [2.45, 2.75) is 13.0 Å². The number of allylic oxidation sites excluding steroid dienone is 2. The molecule has 7 heteroatoms. The molecule has 0 radical (unpaired) electrons. The van der Waals surface area contributed by atoms with Gasteiger partial charge in [-0.1, -0.05) is 53.6 Å². The predicted octanol–water partition coefficient (Wildman–Crippen LogP) is 4.71. The molecule has 2 aliphatic carbocycles. The summed E-state index contributed by atoms with van der Waals surface area (Å²) in [7, 11) is 0. The summed E-state index contributed by atoms with van der Waals surface area (Å²) in [5.74, 6) is 0.124. The van der Waals surface area contributed by atoms with E-state index < -0.39 is 0 Å². The zero-order valence-electron chi connectivity index (χ0n) is 15.9. The van der Waals surface area contributed by atoms with Gasteiger partial charge < -0.3 is 4.74 Å². The lowest BCUT2D eigenvalue weighted by Gasteiger charge is -2.13. The molecule has 30 heavy (non-hydrogen) atoms. The summed E-state index contributed by atoms with van der Waals surface area (Å²) >= 11 is 12.0. The van der Waals surface area contributed by atoms with Crippen LogP contribution in [-0.4, -0.2) is 23.0 Å². The Bertz CT molecular complexity index is 1070. The minimum absolute atomic E-state index is 0.176. The van der Waals surface area contributed by atoms with Crippen LogP contribution in [0.15, 0.2) is 59.7 Å². The Morgan fingerprint density at radius 2 is 1.73 bits per heavy atom. The van der Waals surface area contributed by atoms with Crippen LogP contribution in [0, 0.1) is 23.7 Å². The number of hydrogen-bond donors (Lipinski definition) is 0. The molecule has 2 fully saturated rings. The van der Waals surface area contributed by atoms with Gasteiger partial charge in [0.2, 0.25) is 0 Å². The number of hydrogen-bond acceptors (Lipinski definition) is 4. The molecule has 1 aliphatic heterocycles. The number of hydrazone groups is 1. The number of fused-ring (bicyclic) bond motifs is 5. The summed E-state index contributed by atoms with van der Waals surface area (Å²) in [5, 5.41) is 6.23. The molecule has 5 nitrogen and oxygen atoms in total. The van der Waals surface area contributed by atoms with Crippen molar-refractivity contribution in [1.29, 1.82) is 0 Å². The fraction of sp³-hybridized carbons (Fsp3) is 0.261. The van der Waals surface area contributed by atoms with E-state index in [9.17, 15) is 9.59 Å². The van der Waals surface area contributed by atoms with Crippen molar-refractivity contribution in [3.63, 3.8) is 0 Å². The van der Waals surface area contributed by atoms with Gasteiger partial charge in [-0.15, -0.1) is 0 Å². The largest absolute Gasteiger partial charge is 0.489 e. The van der Waals surface area contributed by atoms with Crippen LogP contribution in [0.4, 0.5) is 0 Å². The highest BCUT2D eigenvalue weighted by molar-refractivity contribution is 6.42. The molecule has 0 aromatic heterocycles. The van der Waals surface area contributed by atoms with E-state index in [4.69, 9.17) is 27.9 Å². The Kier molecular flexibility index (Phi) is 4.88. The topological polar surface area (TPSA) is 59.0 Å². The second-order valence-corrected chi connectivity index (χ2v) is 8.66. The van der Waals surface area contributed by atoms with Crippen molar-refractivity contribution >= 4 is 41.2 Å². The molecule has 5 rings (SSSR count). The van der Waals surface area contributed by atoms with Gasteiger partial charge in [0.1, 0.15) is 12.4 Å². The van der Waals surface area contributed by atoms with Crippen LogP contribution in [0.3, 0.4) is 0 Å². The van der Waals surface area contributed by atoms with Gasteiger partial charge in [0.25, 0.3) is 11.8 Å². The summed E-state index contributed by atoms with van der Waals surface area (Å²) in [6.07, 6.45) is 6.57. The zero-order chi connectivity index (χ0) is 20.8. The van der Waals surface area contributed by atoms with Gasteiger partial charge in [0.15, 0.2) is 0 Å². The number of nitrogens with zero attached hydrogens (tertiary/aromatic N) is 2. The Hall–Kier alpha value is -2.63. The van der Waals surface area contributed by atoms with Crippen LogP contribution in [0.1, 0.15) is 17.5 Å². The van der Waals surface area contributed by atoms with Crippen molar-refractivity contribution < 1.29 is 14.3 Å². The number of carbonyl (C=O) groups excluding carboxylic acids is 2. The average Bonchev–Trinajstić information content (AvgIpc) is 3.42. The summed E-state index contributed by atoms with van der Waals surface area (Å²) < 4.78 is 5.82.